The molecule has 188 valence electrons. The van der Waals surface area contributed by atoms with E-state index in [1.807, 2.05) is 0 Å². The van der Waals surface area contributed by atoms with Gasteiger partial charge >= 0.3 is 0 Å². The molecule has 0 aliphatic carbocycles. The summed E-state index contributed by atoms with van der Waals surface area (Å²) in [6.45, 7) is 7.51. The Bertz CT molecular complexity index is 300. The van der Waals surface area contributed by atoms with Crippen LogP contribution < -0.4 is 0 Å². The Labute approximate surface area is 198 Å². The number of hydrogen-bond acceptors (Lipinski definition) is 1. The van der Waals surface area contributed by atoms with Crippen LogP contribution in [0.25, 0.3) is 0 Å². The van der Waals surface area contributed by atoms with E-state index in [0.29, 0.717) is 12.0 Å². The molecular weight excluding hydrogens is 376 g/mol. The summed E-state index contributed by atoms with van der Waals surface area (Å²) < 4.78 is 0. The van der Waals surface area contributed by atoms with Crippen LogP contribution in [-0.2, 0) is 0 Å². The molecule has 0 aliphatic heterocycles. The van der Waals surface area contributed by atoms with Crippen LogP contribution in [0.2, 0.25) is 0 Å². The molecule has 1 N–H and O–H groups in total. The van der Waals surface area contributed by atoms with Crippen molar-refractivity contribution in [1.82, 2.24) is 0 Å². The maximum atomic E-state index is 9.19. The summed E-state index contributed by atoms with van der Waals surface area (Å²) in [5.74, 6) is 0. The maximum Gasteiger partial charge on any atom is 0.0431 e. The standard InChI is InChI=1S/C30H62O/c1-4-6-8-10-12-14-16-18-20-22-26-30(3,28-24-25-29-31)27-23-21-19-17-15-13-11-9-7-5-2/h31H,4-29H2,1-3H3. The highest BCUT2D eigenvalue weighted by atomic mass is 16.2. The minimum Gasteiger partial charge on any atom is -0.396 e. The Kier molecular flexibility index (Phi) is 24.6. The largest absolute Gasteiger partial charge is 0.396 e. The normalized spacial score (nSPS) is 12.0. The van der Waals surface area contributed by atoms with Gasteiger partial charge in [-0.2, -0.15) is 0 Å². The molecule has 0 fully saturated rings. The van der Waals surface area contributed by atoms with Gasteiger partial charge in [-0.05, 0) is 31.1 Å². The van der Waals surface area contributed by atoms with E-state index in [9.17, 15) is 5.11 Å². The zero-order chi connectivity index (χ0) is 22.9. The lowest BCUT2D eigenvalue weighted by Gasteiger charge is -2.30. The van der Waals surface area contributed by atoms with Crippen molar-refractivity contribution in [1.29, 1.82) is 0 Å². The highest BCUT2D eigenvalue weighted by Crippen LogP contribution is 2.36. The lowest BCUT2D eigenvalue weighted by atomic mass is 9.76. The van der Waals surface area contributed by atoms with Crippen molar-refractivity contribution in [3.63, 3.8) is 0 Å². The van der Waals surface area contributed by atoms with E-state index in [-0.39, 0.29) is 0 Å². The molecule has 0 aromatic heterocycles. The van der Waals surface area contributed by atoms with Crippen molar-refractivity contribution >= 4 is 0 Å². The second-order valence-corrected chi connectivity index (χ2v) is 10.9. The van der Waals surface area contributed by atoms with Gasteiger partial charge in [0, 0.05) is 6.61 Å². The van der Waals surface area contributed by atoms with E-state index in [0.717, 1.165) is 6.42 Å². The zero-order valence-electron chi connectivity index (χ0n) is 22.3. The van der Waals surface area contributed by atoms with Gasteiger partial charge in [0.15, 0.2) is 0 Å². The Morgan fingerprint density at radius 1 is 0.387 bits per heavy atom. The van der Waals surface area contributed by atoms with Gasteiger partial charge in [0.25, 0.3) is 0 Å². The first-order valence-corrected chi connectivity index (χ1v) is 14.8. The van der Waals surface area contributed by atoms with Gasteiger partial charge in [0.1, 0.15) is 0 Å². The van der Waals surface area contributed by atoms with E-state index < -0.39 is 0 Å². The zero-order valence-corrected chi connectivity index (χ0v) is 22.3. The van der Waals surface area contributed by atoms with Crippen molar-refractivity contribution in [2.24, 2.45) is 5.41 Å². The minimum absolute atomic E-state index is 0.368. The molecule has 1 heteroatoms. The Balaban J connectivity index is 3.81. The lowest BCUT2D eigenvalue weighted by molar-refractivity contribution is 0.209. The second kappa shape index (κ2) is 24.6. The third kappa shape index (κ3) is 22.9. The van der Waals surface area contributed by atoms with Crippen LogP contribution in [0, 0.1) is 5.41 Å². The van der Waals surface area contributed by atoms with Crippen LogP contribution in [0.4, 0.5) is 0 Å². The molecule has 1 nitrogen and oxygen atoms in total. The molecule has 0 unspecified atom stereocenters. The summed E-state index contributed by atoms with van der Waals surface area (Å²) in [6.07, 6.45) is 35.0. The van der Waals surface area contributed by atoms with Crippen LogP contribution in [0.15, 0.2) is 0 Å². The summed E-state index contributed by atoms with van der Waals surface area (Å²) in [7, 11) is 0. The van der Waals surface area contributed by atoms with Crippen LogP contribution in [0.5, 0.6) is 0 Å². The topological polar surface area (TPSA) is 20.2 Å². The van der Waals surface area contributed by atoms with Crippen molar-refractivity contribution in [2.45, 2.75) is 181 Å². The summed E-state index contributed by atoms with van der Waals surface area (Å²) in [6, 6.07) is 0. The molecule has 0 rings (SSSR count). The van der Waals surface area contributed by atoms with Gasteiger partial charge in [-0.3, -0.25) is 0 Å². The molecule has 0 spiro atoms. The highest BCUT2D eigenvalue weighted by molar-refractivity contribution is 4.75. The average Bonchev–Trinajstić information content (AvgIpc) is 2.76. The first-order valence-electron chi connectivity index (χ1n) is 14.8. The first-order chi connectivity index (χ1) is 15.2. The molecule has 0 heterocycles. The second-order valence-electron chi connectivity index (χ2n) is 10.9. The Morgan fingerprint density at radius 3 is 0.935 bits per heavy atom. The lowest BCUT2D eigenvalue weighted by Crippen LogP contribution is -2.17. The third-order valence-corrected chi connectivity index (χ3v) is 7.46. The number of hydrogen-bond donors (Lipinski definition) is 1. The quantitative estimate of drug-likeness (QED) is 0.133. The third-order valence-electron chi connectivity index (χ3n) is 7.46. The van der Waals surface area contributed by atoms with Crippen LogP contribution in [0.1, 0.15) is 181 Å². The predicted octanol–water partition coefficient (Wildman–Crippen LogP) is 10.8. The van der Waals surface area contributed by atoms with Gasteiger partial charge < -0.3 is 5.11 Å². The summed E-state index contributed by atoms with van der Waals surface area (Å²) >= 11 is 0. The molecule has 0 saturated carbocycles. The SMILES string of the molecule is CCCCCCCCCCCCC(C)(CCCCO)CCCCCCCCCCCC. The molecule has 0 aromatic carbocycles. The van der Waals surface area contributed by atoms with E-state index in [1.165, 1.54) is 154 Å². The molecule has 0 radical (unpaired) electrons. The van der Waals surface area contributed by atoms with Gasteiger partial charge in [-0.15, -0.1) is 0 Å². The number of rotatable bonds is 26. The fourth-order valence-electron chi connectivity index (χ4n) is 5.12. The monoisotopic (exact) mass is 438 g/mol. The number of aliphatic hydroxyl groups excluding tert-OH is 1. The number of unbranched alkanes of at least 4 members (excludes halogenated alkanes) is 19. The van der Waals surface area contributed by atoms with Crippen molar-refractivity contribution < 1.29 is 5.11 Å². The Morgan fingerprint density at radius 2 is 0.645 bits per heavy atom. The average molecular weight is 439 g/mol. The van der Waals surface area contributed by atoms with Crippen LogP contribution in [0.3, 0.4) is 0 Å². The van der Waals surface area contributed by atoms with Gasteiger partial charge in [0.2, 0.25) is 0 Å². The van der Waals surface area contributed by atoms with Gasteiger partial charge in [-0.1, -0.05) is 156 Å². The van der Waals surface area contributed by atoms with E-state index >= 15 is 0 Å². The molecule has 0 saturated heterocycles. The first kappa shape index (κ1) is 31.0. The molecule has 0 atom stereocenters. The molecule has 31 heavy (non-hydrogen) atoms. The Hall–Kier alpha value is -0.0400. The van der Waals surface area contributed by atoms with Gasteiger partial charge in [-0.25, -0.2) is 0 Å². The summed E-state index contributed by atoms with van der Waals surface area (Å²) in [5.41, 5.74) is 0.523. The predicted molar refractivity (Wildman–Crippen MR) is 142 cm³/mol. The summed E-state index contributed by atoms with van der Waals surface area (Å²) in [5, 5.41) is 9.19. The van der Waals surface area contributed by atoms with E-state index in [1.54, 1.807) is 0 Å². The van der Waals surface area contributed by atoms with Crippen molar-refractivity contribution in [3.05, 3.63) is 0 Å². The minimum atomic E-state index is 0.368. The molecule has 0 amide bonds. The van der Waals surface area contributed by atoms with Crippen LogP contribution in [-0.4, -0.2) is 11.7 Å². The fourth-order valence-corrected chi connectivity index (χ4v) is 5.12. The van der Waals surface area contributed by atoms with Crippen molar-refractivity contribution in [2.75, 3.05) is 6.61 Å². The molecule has 0 bridgehead atoms. The molecular formula is C30H62O. The summed E-state index contributed by atoms with van der Waals surface area (Å²) in [4.78, 5) is 0. The number of aliphatic hydroxyl groups is 1. The fraction of sp³-hybridized carbons (Fsp3) is 1.00. The van der Waals surface area contributed by atoms with Crippen LogP contribution >= 0.6 is 0 Å². The van der Waals surface area contributed by atoms with Crippen molar-refractivity contribution in [3.8, 4) is 0 Å². The highest BCUT2D eigenvalue weighted by Gasteiger charge is 2.22. The maximum absolute atomic E-state index is 9.19. The molecule has 0 aliphatic rings. The van der Waals surface area contributed by atoms with Gasteiger partial charge in [0.05, 0.1) is 0 Å². The smallest absolute Gasteiger partial charge is 0.0431 e. The van der Waals surface area contributed by atoms with E-state index in [4.69, 9.17) is 0 Å². The molecule has 0 aromatic rings. The van der Waals surface area contributed by atoms with E-state index in [2.05, 4.69) is 20.8 Å².